The molecule has 2 rings (SSSR count). The third-order valence-electron chi connectivity index (χ3n) is 3.74. The molecule has 88 valence electrons. The van der Waals surface area contributed by atoms with Crippen molar-refractivity contribution < 1.29 is 0 Å². The molecule has 2 heteroatoms. The van der Waals surface area contributed by atoms with E-state index in [9.17, 15) is 0 Å². The molecule has 0 saturated carbocycles. The fourth-order valence-corrected chi connectivity index (χ4v) is 2.60. The molecule has 1 N–H and O–H groups in total. The second-order valence-corrected chi connectivity index (χ2v) is 4.74. The number of nitrogens with zero attached hydrogens (tertiary/aromatic N) is 1. The van der Waals surface area contributed by atoms with E-state index < -0.39 is 0 Å². The Kier molecular flexibility index (Phi) is 3.20. The summed E-state index contributed by atoms with van der Waals surface area (Å²) in [5.41, 5.74) is 4.32. The summed E-state index contributed by atoms with van der Waals surface area (Å²) in [4.78, 5) is 2.50. The summed E-state index contributed by atoms with van der Waals surface area (Å²) in [7, 11) is 2.01. The number of hydrogen-bond donors (Lipinski definition) is 1. The molecule has 0 amide bonds. The van der Waals surface area contributed by atoms with E-state index in [0.29, 0.717) is 12.1 Å². The second-order valence-electron chi connectivity index (χ2n) is 4.74. The molecule has 1 heterocycles. The summed E-state index contributed by atoms with van der Waals surface area (Å²) >= 11 is 0. The minimum atomic E-state index is 0.430. The van der Waals surface area contributed by atoms with Crippen LogP contribution in [0.3, 0.4) is 0 Å². The normalized spacial score (nSPS) is 21.0. The molecule has 2 atom stereocenters. The van der Waals surface area contributed by atoms with Gasteiger partial charge in [-0.05, 0) is 51.4 Å². The Morgan fingerprint density at radius 3 is 2.88 bits per heavy atom. The number of hydrogen-bond acceptors (Lipinski definition) is 2. The van der Waals surface area contributed by atoms with Crippen LogP contribution in [0.15, 0.2) is 18.2 Å². The van der Waals surface area contributed by atoms with Gasteiger partial charge in [-0.2, -0.15) is 0 Å². The van der Waals surface area contributed by atoms with E-state index in [1.165, 1.54) is 23.2 Å². The predicted octanol–water partition coefficient (Wildman–Crippen LogP) is 2.74. The summed E-state index contributed by atoms with van der Waals surface area (Å²) in [6.07, 6.45) is 1.19. The molecular formula is C14H22N2. The zero-order valence-electron chi connectivity index (χ0n) is 10.7. The van der Waals surface area contributed by atoms with E-state index in [2.05, 4.69) is 49.2 Å². The first-order chi connectivity index (χ1) is 7.67. The molecule has 1 aliphatic heterocycles. The van der Waals surface area contributed by atoms with Crippen LogP contribution in [-0.4, -0.2) is 19.6 Å². The van der Waals surface area contributed by atoms with Gasteiger partial charge < -0.3 is 10.2 Å². The van der Waals surface area contributed by atoms with Crippen LogP contribution >= 0.6 is 0 Å². The summed E-state index contributed by atoms with van der Waals surface area (Å²) in [6, 6.07) is 7.99. The van der Waals surface area contributed by atoms with Gasteiger partial charge in [0.25, 0.3) is 0 Å². The molecule has 1 aromatic rings. The van der Waals surface area contributed by atoms with Crippen molar-refractivity contribution in [3.8, 4) is 0 Å². The zero-order valence-corrected chi connectivity index (χ0v) is 10.7. The second kappa shape index (κ2) is 4.46. The highest BCUT2D eigenvalue weighted by molar-refractivity contribution is 5.61. The van der Waals surface area contributed by atoms with Gasteiger partial charge >= 0.3 is 0 Å². The summed E-state index contributed by atoms with van der Waals surface area (Å²) < 4.78 is 0. The van der Waals surface area contributed by atoms with E-state index in [0.717, 1.165) is 6.54 Å². The minimum absolute atomic E-state index is 0.430. The third-order valence-corrected chi connectivity index (χ3v) is 3.74. The van der Waals surface area contributed by atoms with Gasteiger partial charge in [0.2, 0.25) is 0 Å². The lowest BCUT2D eigenvalue weighted by Gasteiger charge is -2.23. The Balaban J connectivity index is 2.35. The highest BCUT2D eigenvalue weighted by atomic mass is 15.2. The molecule has 0 aromatic heterocycles. The maximum absolute atomic E-state index is 3.30. The fraction of sp³-hybridized carbons (Fsp3) is 0.571. The van der Waals surface area contributed by atoms with Gasteiger partial charge in [0.15, 0.2) is 0 Å². The highest BCUT2D eigenvalue weighted by Gasteiger charge is 2.24. The van der Waals surface area contributed by atoms with Gasteiger partial charge in [-0.1, -0.05) is 12.1 Å². The lowest BCUT2D eigenvalue weighted by molar-refractivity contribution is 0.651. The molecule has 1 aromatic carbocycles. The van der Waals surface area contributed by atoms with Gasteiger partial charge in [0.1, 0.15) is 0 Å². The number of nitrogens with one attached hydrogen (secondary N) is 1. The Bertz CT molecular complexity index is 373. The van der Waals surface area contributed by atoms with Gasteiger partial charge in [-0.25, -0.2) is 0 Å². The molecule has 2 unspecified atom stereocenters. The SMILES string of the molecule is CCN1c2cc(C(C)NC)ccc2CC1C. The van der Waals surface area contributed by atoms with Crippen LogP contribution in [0, 0.1) is 0 Å². The first kappa shape index (κ1) is 11.5. The number of fused-ring (bicyclic) bond motifs is 1. The number of likely N-dealkylation sites (N-methyl/N-ethyl adjacent to an activating group) is 1. The van der Waals surface area contributed by atoms with Crippen molar-refractivity contribution in [2.45, 2.75) is 39.3 Å². The Morgan fingerprint density at radius 2 is 2.25 bits per heavy atom. The monoisotopic (exact) mass is 218 g/mol. The summed E-state index contributed by atoms with van der Waals surface area (Å²) in [5, 5.41) is 3.30. The smallest absolute Gasteiger partial charge is 0.0405 e. The molecule has 0 spiro atoms. The van der Waals surface area contributed by atoms with Crippen LogP contribution in [0.1, 0.15) is 37.9 Å². The third kappa shape index (κ3) is 1.82. The van der Waals surface area contributed by atoms with E-state index in [1.54, 1.807) is 0 Å². The largest absolute Gasteiger partial charge is 0.369 e. The predicted molar refractivity (Wildman–Crippen MR) is 70.1 cm³/mol. The van der Waals surface area contributed by atoms with E-state index in [-0.39, 0.29) is 0 Å². The van der Waals surface area contributed by atoms with Crippen molar-refractivity contribution in [1.29, 1.82) is 0 Å². The van der Waals surface area contributed by atoms with Crippen molar-refractivity contribution in [3.63, 3.8) is 0 Å². The van der Waals surface area contributed by atoms with Crippen molar-refractivity contribution in [2.24, 2.45) is 0 Å². The van der Waals surface area contributed by atoms with Gasteiger partial charge in [0.05, 0.1) is 0 Å². The molecule has 0 aliphatic carbocycles. The molecule has 0 saturated heterocycles. The minimum Gasteiger partial charge on any atom is -0.369 e. The summed E-state index contributed by atoms with van der Waals surface area (Å²) in [5.74, 6) is 0. The maximum Gasteiger partial charge on any atom is 0.0405 e. The van der Waals surface area contributed by atoms with Crippen LogP contribution in [0.2, 0.25) is 0 Å². The highest BCUT2D eigenvalue weighted by Crippen LogP contribution is 2.33. The van der Waals surface area contributed by atoms with Crippen LogP contribution in [0.25, 0.3) is 0 Å². The quantitative estimate of drug-likeness (QED) is 0.839. The van der Waals surface area contributed by atoms with Crippen molar-refractivity contribution >= 4 is 5.69 Å². The Labute approximate surface area is 98.7 Å². The number of rotatable bonds is 3. The zero-order chi connectivity index (χ0) is 11.7. The first-order valence-electron chi connectivity index (χ1n) is 6.24. The van der Waals surface area contributed by atoms with Crippen LogP contribution in [0.4, 0.5) is 5.69 Å². The number of benzene rings is 1. The maximum atomic E-state index is 3.30. The molecule has 0 fully saturated rings. The molecule has 0 radical (unpaired) electrons. The van der Waals surface area contributed by atoms with E-state index in [4.69, 9.17) is 0 Å². The molecule has 1 aliphatic rings. The van der Waals surface area contributed by atoms with Crippen LogP contribution in [-0.2, 0) is 6.42 Å². The summed E-state index contributed by atoms with van der Waals surface area (Å²) in [6.45, 7) is 7.85. The molecule has 16 heavy (non-hydrogen) atoms. The van der Waals surface area contributed by atoms with Gasteiger partial charge in [-0.15, -0.1) is 0 Å². The fourth-order valence-electron chi connectivity index (χ4n) is 2.60. The van der Waals surface area contributed by atoms with Crippen LogP contribution in [0.5, 0.6) is 0 Å². The lowest BCUT2D eigenvalue weighted by atomic mass is 10.0. The average molecular weight is 218 g/mol. The Hall–Kier alpha value is -1.02. The van der Waals surface area contributed by atoms with Crippen molar-refractivity contribution in [3.05, 3.63) is 29.3 Å². The Morgan fingerprint density at radius 1 is 1.50 bits per heavy atom. The first-order valence-corrected chi connectivity index (χ1v) is 6.24. The van der Waals surface area contributed by atoms with Crippen LogP contribution < -0.4 is 10.2 Å². The van der Waals surface area contributed by atoms with Gasteiger partial charge in [0, 0.05) is 24.3 Å². The topological polar surface area (TPSA) is 15.3 Å². The van der Waals surface area contributed by atoms with E-state index in [1.807, 2.05) is 7.05 Å². The van der Waals surface area contributed by atoms with Crippen molar-refractivity contribution in [2.75, 3.05) is 18.5 Å². The molecule has 0 bridgehead atoms. The standard InChI is InChI=1S/C14H22N2/c1-5-16-10(2)8-13-7-6-12(9-14(13)16)11(3)15-4/h6-7,9-11,15H,5,8H2,1-4H3. The molecular weight excluding hydrogens is 196 g/mol. The number of anilines is 1. The molecule has 2 nitrogen and oxygen atoms in total. The lowest BCUT2D eigenvalue weighted by Crippen LogP contribution is -2.28. The van der Waals surface area contributed by atoms with Crippen molar-refractivity contribution in [1.82, 2.24) is 5.32 Å². The van der Waals surface area contributed by atoms with Gasteiger partial charge in [-0.3, -0.25) is 0 Å². The average Bonchev–Trinajstić information content (AvgIpc) is 2.62. The van der Waals surface area contributed by atoms with E-state index >= 15 is 0 Å².